The van der Waals surface area contributed by atoms with Crippen LogP contribution in [-0.4, -0.2) is 11.1 Å². The SMILES string of the molecule is O=C(O)c1ccc(COc2cc(Cl)c(Cl)cc2Cl)c(Br)c1. The van der Waals surface area contributed by atoms with E-state index in [9.17, 15) is 4.79 Å². The standard InChI is InChI=1S/C14H8BrCl3O3/c15-9-3-7(14(19)20)1-2-8(9)6-21-13-5-11(17)10(16)4-12(13)18/h1-5H,6H2,(H,19,20). The minimum Gasteiger partial charge on any atom is -0.487 e. The summed E-state index contributed by atoms with van der Waals surface area (Å²) in [6.45, 7) is 0.207. The van der Waals surface area contributed by atoms with Crippen molar-refractivity contribution < 1.29 is 14.6 Å². The van der Waals surface area contributed by atoms with Crippen molar-refractivity contribution in [2.75, 3.05) is 0 Å². The lowest BCUT2D eigenvalue weighted by molar-refractivity contribution is 0.0696. The Hall–Kier alpha value is -0.940. The first-order chi connectivity index (χ1) is 9.88. The molecule has 0 saturated carbocycles. The number of halogens is 4. The second-order valence-corrected chi connectivity index (χ2v) is 6.17. The van der Waals surface area contributed by atoms with Gasteiger partial charge in [-0.25, -0.2) is 4.79 Å². The van der Waals surface area contributed by atoms with E-state index in [0.29, 0.717) is 25.3 Å². The van der Waals surface area contributed by atoms with Crippen molar-refractivity contribution >= 4 is 56.7 Å². The van der Waals surface area contributed by atoms with Gasteiger partial charge < -0.3 is 9.84 Å². The summed E-state index contributed by atoms with van der Waals surface area (Å²) in [5, 5.41) is 9.95. The van der Waals surface area contributed by atoms with E-state index in [1.807, 2.05) is 0 Å². The van der Waals surface area contributed by atoms with Crippen LogP contribution in [0.3, 0.4) is 0 Å². The van der Waals surface area contributed by atoms with Gasteiger partial charge in [0.15, 0.2) is 0 Å². The highest BCUT2D eigenvalue weighted by atomic mass is 79.9. The van der Waals surface area contributed by atoms with Crippen LogP contribution in [0.25, 0.3) is 0 Å². The van der Waals surface area contributed by atoms with E-state index >= 15 is 0 Å². The molecule has 2 aromatic carbocycles. The molecule has 0 amide bonds. The number of ether oxygens (including phenoxy) is 1. The highest BCUT2D eigenvalue weighted by Gasteiger charge is 2.10. The monoisotopic (exact) mass is 408 g/mol. The van der Waals surface area contributed by atoms with Gasteiger partial charge in [0, 0.05) is 16.1 Å². The minimum absolute atomic E-state index is 0.193. The van der Waals surface area contributed by atoms with Crippen molar-refractivity contribution in [2.24, 2.45) is 0 Å². The lowest BCUT2D eigenvalue weighted by Gasteiger charge is -2.11. The number of hydrogen-bond acceptors (Lipinski definition) is 2. The first-order valence-corrected chi connectivity index (χ1v) is 7.60. The van der Waals surface area contributed by atoms with Gasteiger partial charge in [-0.05, 0) is 18.2 Å². The molecule has 2 rings (SSSR count). The lowest BCUT2D eigenvalue weighted by Crippen LogP contribution is -2.00. The number of hydrogen-bond donors (Lipinski definition) is 1. The van der Waals surface area contributed by atoms with Gasteiger partial charge in [-0.15, -0.1) is 0 Å². The zero-order valence-corrected chi connectivity index (χ0v) is 14.2. The zero-order valence-electron chi connectivity index (χ0n) is 10.4. The third kappa shape index (κ3) is 4.04. The second kappa shape index (κ2) is 6.88. The van der Waals surface area contributed by atoms with Crippen molar-refractivity contribution in [3.8, 4) is 5.75 Å². The molecule has 0 spiro atoms. The lowest BCUT2D eigenvalue weighted by atomic mass is 10.1. The van der Waals surface area contributed by atoms with Crippen LogP contribution < -0.4 is 4.74 Å². The van der Waals surface area contributed by atoms with Crippen LogP contribution in [-0.2, 0) is 6.61 Å². The molecular weight excluding hydrogens is 402 g/mol. The smallest absolute Gasteiger partial charge is 0.335 e. The molecule has 0 unspecified atom stereocenters. The van der Waals surface area contributed by atoms with E-state index in [0.717, 1.165) is 5.56 Å². The van der Waals surface area contributed by atoms with Crippen molar-refractivity contribution in [2.45, 2.75) is 6.61 Å². The fourth-order valence-corrected chi connectivity index (χ4v) is 2.65. The quantitative estimate of drug-likeness (QED) is 0.659. The molecule has 0 saturated heterocycles. The Kier molecular flexibility index (Phi) is 5.38. The van der Waals surface area contributed by atoms with Crippen LogP contribution in [0.15, 0.2) is 34.8 Å². The molecule has 0 aromatic heterocycles. The maximum atomic E-state index is 10.9. The fraction of sp³-hybridized carbons (Fsp3) is 0.0714. The molecular formula is C14H8BrCl3O3. The maximum absolute atomic E-state index is 10.9. The number of carboxylic acid groups (broad SMARTS) is 1. The number of aromatic carboxylic acids is 1. The summed E-state index contributed by atoms with van der Waals surface area (Å²) in [7, 11) is 0. The highest BCUT2D eigenvalue weighted by Crippen LogP contribution is 2.34. The van der Waals surface area contributed by atoms with Gasteiger partial charge in [-0.2, -0.15) is 0 Å². The van der Waals surface area contributed by atoms with Crippen LogP contribution in [0.5, 0.6) is 5.75 Å². The number of rotatable bonds is 4. The van der Waals surface area contributed by atoms with Gasteiger partial charge >= 0.3 is 5.97 Å². The van der Waals surface area contributed by atoms with Gasteiger partial charge in [0.25, 0.3) is 0 Å². The van der Waals surface area contributed by atoms with Gasteiger partial charge in [0.05, 0.1) is 20.6 Å². The molecule has 1 N–H and O–H groups in total. The Morgan fingerprint density at radius 2 is 1.76 bits per heavy atom. The second-order valence-electron chi connectivity index (χ2n) is 4.10. The summed E-state index contributed by atoms with van der Waals surface area (Å²) in [5.74, 6) is -0.587. The number of carbonyl (C=O) groups is 1. The molecule has 0 aliphatic carbocycles. The summed E-state index contributed by atoms with van der Waals surface area (Å²) in [4.78, 5) is 10.9. The summed E-state index contributed by atoms with van der Waals surface area (Å²) in [6, 6.07) is 7.72. The maximum Gasteiger partial charge on any atom is 0.335 e. The molecule has 0 bridgehead atoms. The molecule has 0 fully saturated rings. The topological polar surface area (TPSA) is 46.5 Å². The van der Waals surface area contributed by atoms with Crippen molar-refractivity contribution in [1.82, 2.24) is 0 Å². The largest absolute Gasteiger partial charge is 0.487 e. The average molecular weight is 410 g/mol. The first kappa shape index (κ1) is 16.4. The van der Waals surface area contributed by atoms with Crippen molar-refractivity contribution in [1.29, 1.82) is 0 Å². The molecule has 7 heteroatoms. The van der Waals surface area contributed by atoms with Crippen LogP contribution >= 0.6 is 50.7 Å². The van der Waals surface area contributed by atoms with Gasteiger partial charge in [0.2, 0.25) is 0 Å². The Morgan fingerprint density at radius 1 is 1.10 bits per heavy atom. The van der Waals surface area contributed by atoms with Crippen molar-refractivity contribution in [3.05, 3.63) is 61.0 Å². The molecule has 0 aliphatic rings. The minimum atomic E-state index is -0.990. The van der Waals surface area contributed by atoms with Crippen LogP contribution in [0.4, 0.5) is 0 Å². The Bertz CT molecular complexity index is 704. The number of benzene rings is 2. The summed E-state index contributed by atoms with van der Waals surface area (Å²) in [5.41, 5.74) is 0.973. The van der Waals surface area contributed by atoms with E-state index in [-0.39, 0.29) is 12.2 Å². The zero-order chi connectivity index (χ0) is 15.6. The van der Waals surface area contributed by atoms with Gasteiger partial charge in [-0.1, -0.05) is 56.8 Å². The normalized spacial score (nSPS) is 10.5. The predicted octanol–water partition coefficient (Wildman–Crippen LogP) is 5.69. The predicted molar refractivity (Wildman–Crippen MR) is 86.9 cm³/mol. The van der Waals surface area contributed by atoms with E-state index in [2.05, 4.69) is 15.9 Å². The highest BCUT2D eigenvalue weighted by molar-refractivity contribution is 9.10. The molecule has 0 heterocycles. The Balaban J connectivity index is 2.17. The van der Waals surface area contributed by atoms with Crippen molar-refractivity contribution in [3.63, 3.8) is 0 Å². The van der Waals surface area contributed by atoms with Gasteiger partial charge in [-0.3, -0.25) is 0 Å². The van der Waals surface area contributed by atoms with Crippen LogP contribution in [0, 0.1) is 0 Å². The third-order valence-corrected chi connectivity index (χ3v) is 4.41. The van der Waals surface area contributed by atoms with Crippen LogP contribution in [0.2, 0.25) is 15.1 Å². The first-order valence-electron chi connectivity index (χ1n) is 5.67. The Morgan fingerprint density at radius 3 is 2.38 bits per heavy atom. The molecule has 0 atom stereocenters. The van der Waals surface area contributed by atoms with Crippen LogP contribution in [0.1, 0.15) is 15.9 Å². The molecule has 3 nitrogen and oxygen atoms in total. The van der Waals surface area contributed by atoms with E-state index in [1.165, 1.54) is 24.3 Å². The fourth-order valence-electron chi connectivity index (χ4n) is 1.57. The molecule has 0 aliphatic heterocycles. The molecule has 2 aromatic rings. The Labute approximate surface area is 144 Å². The summed E-state index contributed by atoms with van der Waals surface area (Å²) in [6.07, 6.45) is 0. The van der Waals surface area contributed by atoms with E-state index in [1.54, 1.807) is 6.07 Å². The summed E-state index contributed by atoms with van der Waals surface area (Å²) < 4.78 is 6.22. The number of carboxylic acids is 1. The van der Waals surface area contributed by atoms with E-state index in [4.69, 9.17) is 44.6 Å². The summed E-state index contributed by atoms with van der Waals surface area (Å²) >= 11 is 21.1. The average Bonchev–Trinajstić information content (AvgIpc) is 2.42. The molecule has 21 heavy (non-hydrogen) atoms. The van der Waals surface area contributed by atoms with Gasteiger partial charge in [0.1, 0.15) is 12.4 Å². The molecule has 0 radical (unpaired) electrons. The van der Waals surface area contributed by atoms with E-state index < -0.39 is 5.97 Å². The third-order valence-electron chi connectivity index (χ3n) is 2.66. The molecule has 110 valence electrons.